The van der Waals surface area contributed by atoms with Crippen LogP contribution in [0.4, 0.5) is 0 Å². The molecule has 0 saturated carbocycles. The molecule has 0 spiro atoms. The Morgan fingerprint density at radius 1 is 1.82 bits per heavy atom. The summed E-state index contributed by atoms with van der Waals surface area (Å²) in [5.74, 6) is 0. The third kappa shape index (κ3) is 0.962. The molecule has 0 radical (unpaired) electrons. The molecular weight excluding hydrogens is 206 g/mol. The van der Waals surface area contributed by atoms with Gasteiger partial charge in [-0.3, -0.25) is 4.68 Å². The van der Waals surface area contributed by atoms with Crippen molar-refractivity contribution < 1.29 is 0 Å². The van der Waals surface area contributed by atoms with Gasteiger partial charge in [0.15, 0.2) is 5.69 Å². The van der Waals surface area contributed by atoms with E-state index in [1.807, 2.05) is 16.8 Å². The van der Waals surface area contributed by atoms with Crippen LogP contribution in [0, 0.1) is 11.3 Å². The number of aryl methyl sites for hydroxylation is 1. The van der Waals surface area contributed by atoms with Crippen molar-refractivity contribution in [2.24, 2.45) is 0 Å². The van der Waals surface area contributed by atoms with Crippen molar-refractivity contribution >= 4 is 15.9 Å². The van der Waals surface area contributed by atoms with Crippen LogP contribution in [0.1, 0.15) is 22.6 Å². The molecule has 0 aliphatic carbocycles. The molecule has 0 saturated heterocycles. The zero-order chi connectivity index (χ0) is 7.84. The molecule has 1 aromatic rings. The van der Waals surface area contributed by atoms with Crippen LogP contribution in [-0.4, -0.2) is 9.78 Å². The summed E-state index contributed by atoms with van der Waals surface area (Å²) < 4.78 is 1.89. The second-order valence-corrected chi connectivity index (χ2v) is 3.65. The first kappa shape index (κ1) is 6.86. The molecule has 2 heterocycles. The molecule has 1 unspecified atom stereocenters. The topological polar surface area (TPSA) is 41.6 Å². The van der Waals surface area contributed by atoms with Crippen LogP contribution in [-0.2, 0) is 6.54 Å². The quantitative estimate of drug-likeness (QED) is 0.612. The van der Waals surface area contributed by atoms with E-state index in [0.29, 0.717) is 10.5 Å². The largest absolute Gasteiger partial charge is 0.267 e. The third-order valence-electron chi connectivity index (χ3n) is 1.84. The second-order valence-electron chi connectivity index (χ2n) is 2.55. The van der Waals surface area contributed by atoms with Gasteiger partial charge in [-0.15, -0.1) is 0 Å². The number of halogens is 1. The van der Waals surface area contributed by atoms with Crippen molar-refractivity contribution in [3.8, 4) is 6.07 Å². The van der Waals surface area contributed by atoms with Gasteiger partial charge < -0.3 is 0 Å². The van der Waals surface area contributed by atoms with Crippen LogP contribution < -0.4 is 0 Å². The van der Waals surface area contributed by atoms with Gasteiger partial charge in [0.05, 0.1) is 10.5 Å². The monoisotopic (exact) mass is 211 g/mol. The lowest BCUT2D eigenvalue weighted by Gasteiger charge is -1.92. The Labute approximate surface area is 72.8 Å². The number of nitriles is 1. The number of alkyl halides is 1. The number of hydrogen-bond donors (Lipinski definition) is 0. The maximum atomic E-state index is 8.54. The lowest BCUT2D eigenvalue weighted by molar-refractivity contribution is 0.653. The first-order valence-corrected chi connectivity index (χ1v) is 4.35. The van der Waals surface area contributed by atoms with Gasteiger partial charge in [0.2, 0.25) is 0 Å². The summed E-state index contributed by atoms with van der Waals surface area (Å²) in [6, 6.07) is 3.86. The molecule has 1 aromatic heterocycles. The molecule has 1 atom stereocenters. The van der Waals surface area contributed by atoms with Gasteiger partial charge in [-0.05, 0) is 12.5 Å². The van der Waals surface area contributed by atoms with Crippen molar-refractivity contribution in [3.63, 3.8) is 0 Å². The number of nitrogens with zero attached hydrogens (tertiary/aromatic N) is 3. The zero-order valence-corrected chi connectivity index (χ0v) is 7.37. The summed E-state index contributed by atoms with van der Waals surface area (Å²) in [5, 5.41) is 12.6. The number of fused-ring (bicyclic) bond motifs is 1. The lowest BCUT2D eigenvalue weighted by atomic mass is 10.3. The Morgan fingerprint density at radius 3 is 3.27 bits per heavy atom. The second kappa shape index (κ2) is 2.35. The van der Waals surface area contributed by atoms with E-state index in [1.54, 1.807) is 0 Å². The van der Waals surface area contributed by atoms with E-state index in [0.717, 1.165) is 18.7 Å². The number of rotatable bonds is 0. The first-order chi connectivity index (χ1) is 5.31. The molecule has 1 aliphatic rings. The van der Waals surface area contributed by atoms with Gasteiger partial charge in [0.25, 0.3) is 0 Å². The molecule has 0 amide bonds. The number of hydrogen-bond acceptors (Lipinski definition) is 2. The molecule has 0 aromatic carbocycles. The van der Waals surface area contributed by atoms with Gasteiger partial charge in [0, 0.05) is 6.54 Å². The molecule has 56 valence electrons. The summed E-state index contributed by atoms with van der Waals surface area (Å²) >= 11 is 3.51. The van der Waals surface area contributed by atoms with Gasteiger partial charge >= 0.3 is 0 Å². The summed E-state index contributed by atoms with van der Waals surface area (Å²) in [6.07, 6.45) is 1.08. The Bertz CT molecular complexity index is 323. The highest BCUT2D eigenvalue weighted by Crippen LogP contribution is 2.32. The highest BCUT2D eigenvalue weighted by atomic mass is 79.9. The molecule has 11 heavy (non-hydrogen) atoms. The highest BCUT2D eigenvalue weighted by molar-refractivity contribution is 9.09. The summed E-state index contributed by atoms with van der Waals surface area (Å²) in [6.45, 7) is 0.924. The van der Waals surface area contributed by atoms with Gasteiger partial charge in [-0.25, -0.2) is 0 Å². The predicted molar refractivity (Wildman–Crippen MR) is 43.2 cm³/mol. The summed E-state index contributed by atoms with van der Waals surface area (Å²) in [5.41, 5.74) is 1.64. The first-order valence-electron chi connectivity index (χ1n) is 3.43. The minimum absolute atomic E-state index is 0.386. The van der Waals surface area contributed by atoms with E-state index in [-0.39, 0.29) is 0 Å². The van der Waals surface area contributed by atoms with Crippen LogP contribution in [0.15, 0.2) is 6.07 Å². The normalized spacial score (nSPS) is 21.3. The van der Waals surface area contributed by atoms with Crippen molar-refractivity contribution in [3.05, 3.63) is 17.5 Å². The lowest BCUT2D eigenvalue weighted by Crippen LogP contribution is -1.93. The van der Waals surface area contributed by atoms with Crippen LogP contribution in [0.5, 0.6) is 0 Å². The Morgan fingerprint density at radius 2 is 2.64 bits per heavy atom. The smallest absolute Gasteiger partial charge is 0.162 e. The Hall–Kier alpha value is -0.820. The standard InChI is InChI=1S/C7H6BrN3/c8-6-1-2-11-7(6)3-5(4-9)10-11/h3,6H,1-2H2. The minimum Gasteiger partial charge on any atom is -0.267 e. The van der Waals surface area contributed by atoms with Gasteiger partial charge in [-0.1, -0.05) is 15.9 Å². The predicted octanol–water partition coefficient (Wildman–Crippen LogP) is 1.59. The van der Waals surface area contributed by atoms with Gasteiger partial charge in [0.1, 0.15) is 6.07 Å². The van der Waals surface area contributed by atoms with Crippen LogP contribution in [0.2, 0.25) is 0 Å². The van der Waals surface area contributed by atoms with Crippen molar-refractivity contribution in [1.29, 1.82) is 5.26 Å². The summed E-state index contributed by atoms with van der Waals surface area (Å²) in [7, 11) is 0. The van der Waals surface area contributed by atoms with Gasteiger partial charge in [-0.2, -0.15) is 10.4 Å². The van der Waals surface area contributed by atoms with E-state index in [4.69, 9.17) is 5.26 Å². The zero-order valence-electron chi connectivity index (χ0n) is 5.79. The minimum atomic E-state index is 0.386. The fourth-order valence-corrected chi connectivity index (χ4v) is 1.87. The molecule has 0 N–H and O–H groups in total. The third-order valence-corrected chi connectivity index (χ3v) is 2.77. The summed E-state index contributed by atoms with van der Waals surface area (Å²) in [4.78, 5) is 0.386. The average Bonchev–Trinajstić information content (AvgIpc) is 2.53. The van der Waals surface area contributed by atoms with E-state index in [2.05, 4.69) is 21.0 Å². The van der Waals surface area contributed by atoms with Crippen molar-refractivity contribution in [1.82, 2.24) is 9.78 Å². The molecule has 0 bridgehead atoms. The highest BCUT2D eigenvalue weighted by Gasteiger charge is 2.21. The Kier molecular flexibility index (Phi) is 1.46. The average molecular weight is 212 g/mol. The maximum absolute atomic E-state index is 8.54. The fraction of sp³-hybridized carbons (Fsp3) is 0.429. The molecule has 1 aliphatic heterocycles. The van der Waals surface area contributed by atoms with Crippen LogP contribution >= 0.6 is 15.9 Å². The fourth-order valence-electron chi connectivity index (χ4n) is 1.30. The molecule has 2 rings (SSSR count). The molecule has 4 heteroatoms. The molecule has 3 nitrogen and oxygen atoms in total. The molecule has 0 fully saturated rings. The van der Waals surface area contributed by atoms with E-state index >= 15 is 0 Å². The van der Waals surface area contributed by atoms with E-state index in [9.17, 15) is 0 Å². The van der Waals surface area contributed by atoms with Crippen LogP contribution in [0.3, 0.4) is 0 Å². The Balaban J connectivity index is 2.48. The van der Waals surface area contributed by atoms with Crippen molar-refractivity contribution in [2.75, 3.05) is 0 Å². The maximum Gasteiger partial charge on any atom is 0.162 e. The van der Waals surface area contributed by atoms with Crippen molar-refractivity contribution in [2.45, 2.75) is 17.8 Å². The number of aromatic nitrogens is 2. The van der Waals surface area contributed by atoms with Crippen LogP contribution in [0.25, 0.3) is 0 Å². The SMILES string of the molecule is N#Cc1cc2n(n1)CCC2Br. The van der Waals surface area contributed by atoms with E-state index in [1.165, 1.54) is 0 Å². The van der Waals surface area contributed by atoms with E-state index < -0.39 is 0 Å². The molecular formula is C7H6BrN3.